The molecule has 1 aromatic heterocycles. The van der Waals surface area contributed by atoms with Crippen LogP contribution in [0, 0.1) is 0 Å². The first kappa shape index (κ1) is 12.0. The van der Waals surface area contributed by atoms with E-state index in [0.717, 1.165) is 12.8 Å². The first-order chi connectivity index (χ1) is 7.17. The van der Waals surface area contributed by atoms with E-state index >= 15 is 0 Å². The smallest absolute Gasteiger partial charge is 0.224 e. The number of rotatable bonds is 5. The lowest BCUT2D eigenvalue weighted by atomic mass is 10.2. The molecule has 0 aromatic carbocycles. The van der Waals surface area contributed by atoms with E-state index in [1.807, 2.05) is 0 Å². The van der Waals surface area contributed by atoms with Crippen molar-refractivity contribution in [2.24, 2.45) is 0 Å². The summed E-state index contributed by atoms with van der Waals surface area (Å²) in [6.07, 6.45) is 3.83. The Balaban J connectivity index is 2.74. The third kappa shape index (κ3) is 3.55. The lowest BCUT2D eigenvalue weighted by Crippen LogP contribution is -2.16. The highest BCUT2D eigenvalue weighted by atomic mass is 35.5. The Hall–Kier alpha value is -1.03. The van der Waals surface area contributed by atoms with Gasteiger partial charge in [-0.05, 0) is 13.3 Å². The van der Waals surface area contributed by atoms with Crippen molar-refractivity contribution in [3.05, 3.63) is 11.2 Å². The molecular formula is C10H17ClN4. The molecule has 1 unspecified atom stereocenters. The van der Waals surface area contributed by atoms with Crippen molar-refractivity contribution >= 4 is 23.4 Å². The maximum atomic E-state index is 5.98. The van der Waals surface area contributed by atoms with Gasteiger partial charge in [0.1, 0.15) is 5.02 Å². The van der Waals surface area contributed by atoms with E-state index in [-0.39, 0.29) is 0 Å². The molecule has 0 bridgehead atoms. The topological polar surface area (TPSA) is 49.8 Å². The van der Waals surface area contributed by atoms with Crippen LogP contribution >= 0.6 is 11.6 Å². The number of halogens is 1. The third-order valence-electron chi connectivity index (χ3n) is 2.07. The van der Waals surface area contributed by atoms with Gasteiger partial charge in [0.25, 0.3) is 0 Å². The van der Waals surface area contributed by atoms with Crippen LogP contribution < -0.4 is 10.6 Å². The lowest BCUT2D eigenvalue weighted by Gasteiger charge is -2.14. The van der Waals surface area contributed by atoms with Gasteiger partial charge < -0.3 is 10.6 Å². The van der Waals surface area contributed by atoms with Crippen molar-refractivity contribution in [3.63, 3.8) is 0 Å². The van der Waals surface area contributed by atoms with E-state index in [4.69, 9.17) is 11.6 Å². The molecule has 1 heterocycles. The number of hydrogen-bond donors (Lipinski definition) is 2. The minimum Gasteiger partial charge on any atom is -0.366 e. The Labute approximate surface area is 95.5 Å². The average molecular weight is 229 g/mol. The molecule has 15 heavy (non-hydrogen) atoms. The molecule has 0 aliphatic heterocycles. The van der Waals surface area contributed by atoms with Crippen LogP contribution in [-0.4, -0.2) is 23.1 Å². The summed E-state index contributed by atoms with van der Waals surface area (Å²) in [5.41, 5.74) is 0. The standard InChI is InChI=1S/C10H17ClN4/c1-4-5-7(2)14-9-8(11)6-13-10(12-3)15-9/h6-7H,4-5H2,1-3H3,(H2,12,13,14,15). The number of nitrogens with one attached hydrogen (secondary N) is 2. The first-order valence-electron chi connectivity index (χ1n) is 5.14. The van der Waals surface area contributed by atoms with E-state index in [2.05, 4.69) is 34.4 Å². The summed E-state index contributed by atoms with van der Waals surface area (Å²) >= 11 is 5.98. The van der Waals surface area contributed by atoms with Gasteiger partial charge in [-0.25, -0.2) is 4.98 Å². The molecule has 0 saturated carbocycles. The van der Waals surface area contributed by atoms with Gasteiger partial charge in [-0.15, -0.1) is 0 Å². The Morgan fingerprint density at radius 2 is 2.27 bits per heavy atom. The van der Waals surface area contributed by atoms with Crippen LogP contribution in [0.5, 0.6) is 0 Å². The third-order valence-corrected chi connectivity index (χ3v) is 2.35. The van der Waals surface area contributed by atoms with Crippen LogP contribution in [0.3, 0.4) is 0 Å². The Morgan fingerprint density at radius 3 is 2.87 bits per heavy atom. The van der Waals surface area contributed by atoms with Gasteiger partial charge in [0.05, 0.1) is 6.20 Å². The molecule has 1 rings (SSSR count). The Morgan fingerprint density at radius 1 is 1.53 bits per heavy atom. The minimum atomic E-state index is 0.368. The average Bonchev–Trinajstić information content (AvgIpc) is 2.21. The maximum absolute atomic E-state index is 5.98. The zero-order chi connectivity index (χ0) is 11.3. The minimum absolute atomic E-state index is 0.368. The van der Waals surface area contributed by atoms with Gasteiger partial charge >= 0.3 is 0 Å². The normalized spacial score (nSPS) is 12.3. The summed E-state index contributed by atoms with van der Waals surface area (Å²) in [6, 6.07) is 0.368. The van der Waals surface area contributed by atoms with E-state index < -0.39 is 0 Å². The molecule has 1 atom stereocenters. The molecule has 4 nitrogen and oxygen atoms in total. The maximum Gasteiger partial charge on any atom is 0.224 e. The van der Waals surface area contributed by atoms with Crippen LogP contribution in [0.25, 0.3) is 0 Å². The van der Waals surface area contributed by atoms with E-state index in [0.29, 0.717) is 22.8 Å². The van der Waals surface area contributed by atoms with E-state index in [9.17, 15) is 0 Å². The molecule has 5 heteroatoms. The zero-order valence-electron chi connectivity index (χ0n) is 9.34. The number of nitrogens with zero attached hydrogens (tertiary/aromatic N) is 2. The predicted molar refractivity (Wildman–Crippen MR) is 64.6 cm³/mol. The lowest BCUT2D eigenvalue weighted by molar-refractivity contribution is 0.687. The van der Waals surface area contributed by atoms with E-state index in [1.165, 1.54) is 0 Å². The van der Waals surface area contributed by atoms with Crippen LogP contribution in [0.2, 0.25) is 5.02 Å². The molecule has 0 saturated heterocycles. The summed E-state index contributed by atoms with van der Waals surface area (Å²) in [6.45, 7) is 4.26. The quantitative estimate of drug-likeness (QED) is 0.814. The number of aromatic nitrogens is 2. The molecule has 0 fully saturated rings. The largest absolute Gasteiger partial charge is 0.366 e. The summed E-state index contributed by atoms with van der Waals surface area (Å²) in [7, 11) is 1.78. The number of anilines is 2. The van der Waals surface area contributed by atoms with Crippen LogP contribution in [-0.2, 0) is 0 Å². The fourth-order valence-corrected chi connectivity index (χ4v) is 1.47. The predicted octanol–water partition coefficient (Wildman–Crippen LogP) is 2.77. The van der Waals surface area contributed by atoms with Crippen LogP contribution in [0.4, 0.5) is 11.8 Å². The van der Waals surface area contributed by atoms with Crippen molar-refractivity contribution in [1.29, 1.82) is 0 Å². The molecule has 0 amide bonds. The summed E-state index contributed by atoms with van der Waals surface area (Å²) in [4.78, 5) is 8.26. The van der Waals surface area contributed by atoms with Crippen LogP contribution in [0.1, 0.15) is 26.7 Å². The van der Waals surface area contributed by atoms with Gasteiger partial charge in [0, 0.05) is 13.1 Å². The molecule has 1 aromatic rings. The van der Waals surface area contributed by atoms with E-state index in [1.54, 1.807) is 13.2 Å². The van der Waals surface area contributed by atoms with Crippen molar-refractivity contribution in [2.45, 2.75) is 32.7 Å². The van der Waals surface area contributed by atoms with Crippen molar-refractivity contribution in [2.75, 3.05) is 17.7 Å². The zero-order valence-corrected chi connectivity index (χ0v) is 10.1. The first-order valence-corrected chi connectivity index (χ1v) is 5.52. The SMILES string of the molecule is CCCC(C)Nc1nc(NC)ncc1Cl. The molecular weight excluding hydrogens is 212 g/mol. The summed E-state index contributed by atoms with van der Waals surface area (Å²) in [5, 5.41) is 6.69. The molecule has 0 aliphatic carbocycles. The Kier molecular flexibility index (Phi) is 4.62. The molecule has 84 valence electrons. The van der Waals surface area contributed by atoms with Crippen LogP contribution in [0.15, 0.2) is 6.20 Å². The molecule has 0 spiro atoms. The fraction of sp³-hybridized carbons (Fsp3) is 0.600. The highest BCUT2D eigenvalue weighted by Crippen LogP contribution is 2.20. The fourth-order valence-electron chi connectivity index (χ4n) is 1.33. The number of hydrogen-bond acceptors (Lipinski definition) is 4. The van der Waals surface area contributed by atoms with Crippen molar-refractivity contribution in [3.8, 4) is 0 Å². The van der Waals surface area contributed by atoms with Gasteiger partial charge in [-0.2, -0.15) is 4.98 Å². The van der Waals surface area contributed by atoms with Gasteiger partial charge in [0.15, 0.2) is 5.82 Å². The highest BCUT2D eigenvalue weighted by Gasteiger charge is 2.07. The van der Waals surface area contributed by atoms with Gasteiger partial charge in [-0.1, -0.05) is 24.9 Å². The monoisotopic (exact) mass is 228 g/mol. The summed E-state index contributed by atoms with van der Waals surface area (Å²) in [5.74, 6) is 1.27. The van der Waals surface area contributed by atoms with Gasteiger partial charge in [-0.3, -0.25) is 0 Å². The van der Waals surface area contributed by atoms with Gasteiger partial charge in [0.2, 0.25) is 5.95 Å². The second kappa shape index (κ2) is 5.75. The molecule has 0 aliphatic rings. The van der Waals surface area contributed by atoms with Crippen molar-refractivity contribution in [1.82, 2.24) is 9.97 Å². The highest BCUT2D eigenvalue weighted by molar-refractivity contribution is 6.32. The molecule has 2 N–H and O–H groups in total. The Bertz CT molecular complexity index is 316. The molecule has 0 radical (unpaired) electrons. The van der Waals surface area contributed by atoms with Crippen molar-refractivity contribution < 1.29 is 0 Å². The second-order valence-corrected chi connectivity index (χ2v) is 3.88. The second-order valence-electron chi connectivity index (χ2n) is 3.47. The summed E-state index contributed by atoms with van der Waals surface area (Å²) < 4.78 is 0.